The molecule has 1 aromatic heterocycles. The van der Waals surface area contributed by atoms with Crippen LogP contribution in [0.3, 0.4) is 0 Å². The minimum Gasteiger partial charge on any atom is -0.465 e. The molecule has 5 heteroatoms. The lowest BCUT2D eigenvalue weighted by Crippen LogP contribution is -2.32. The van der Waals surface area contributed by atoms with Gasteiger partial charge in [-0.2, -0.15) is 0 Å². The lowest BCUT2D eigenvalue weighted by molar-refractivity contribution is 0.0599. The Morgan fingerprint density at radius 2 is 1.81 bits per heavy atom. The highest BCUT2D eigenvalue weighted by Crippen LogP contribution is 2.29. The third-order valence-corrected chi connectivity index (χ3v) is 5.02. The van der Waals surface area contributed by atoms with Crippen LogP contribution in [0.25, 0.3) is 0 Å². The molecule has 3 rings (SSSR count). The first-order valence-corrected chi connectivity index (χ1v) is 9.01. The molecular formula is C21H26N2O3. The Balaban J connectivity index is 1.76. The van der Waals surface area contributed by atoms with Crippen molar-refractivity contribution in [3.05, 3.63) is 57.9 Å². The van der Waals surface area contributed by atoms with Crippen LogP contribution in [0.2, 0.25) is 0 Å². The fourth-order valence-corrected chi connectivity index (χ4v) is 3.38. The highest BCUT2D eigenvalue weighted by Gasteiger charge is 2.32. The van der Waals surface area contributed by atoms with Gasteiger partial charge in [0.05, 0.1) is 24.9 Å². The van der Waals surface area contributed by atoms with Gasteiger partial charge in [-0.05, 0) is 44.7 Å². The Bertz CT molecular complexity index is 817. The standard InChI is InChI=1S/C21H26N2O3/c1-13-5-7-16(8-6-13)11-23(17-9-10-17)12-18(24)20-14(2)19(15(3)22-20)21(25)26-4/h5-8,17,22H,9-12H2,1-4H3. The molecule has 1 saturated carbocycles. The monoisotopic (exact) mass is 354 g/mol. The molecule has 0 atom stereocenters. The summed E-state index contributed by atoms with van der Waals surface area (Å²) < 4.78 is 4.83. The molecule has 1 aliphatic rings. The van der Waals surface area contributed by atoms with Gasteiger partial charge < -0.3 is 9.72 Å². The van der Waals surface area contributed by atoms with Gasteiger partial charge >= 0.3 is 5.97 Å². The van der Waals surface area contributed by atoms with Gasteiger partial charge in [-0.1, -0.05) is 29.8 Å². The van der Waals surface area contributed by atoms with Crippen LogP contribution in [0.1, 0.15) is 56.1 Å². The van der Waals surface area contributed by atoms with Crippen LogP contribution in [0.4, 0.5) is 0 Å². The molecule has 1 heterocycles. The van der Waals surface area contributed by atoms with Crippen molar-refractivity contribution in [3.8, 4) is 0 Å². The van der Waals surface area contributed by atoms with Crippen LogP contribution in [-0.4, -0.2) is 41.3 Å². The van der Waals surface area contributed by atoms with Crippen molar-refractivity contribution in [2.45, 2.75) is 46.2 Å². The summed E-state index contributed by atoms with van der Waals surface area (Å²) in [5.74, 6) is -0.395. The number of rotatable bonds is 7. The lowest BCUT2D eigenvalue weighted by Gasteiger charge is -2.21. The molecular weight excluding hydrogens is 328 g/mol. The number of methoxy groups -OCH3 is 1. The maximum Gasteiger partial charge on any atom is 0.339 e. The van der Waals surface area contributed by atoms with Gasteiger partial charge in [-0.25, -0.2) is 4.79 Å². The first-order valence-electron chi connectivity index (χ1n) is 9.01. The number of hydrogen-bond donors (Lipinski definition) is 1. The number of hydrogen-bond acceptors (Lipinski definition) is 4. The third-order valence-electron chi connectivity index (χ3n) is 5.02. The van der Waals surface area contributed by atoms with Gasteiger partial charge in [0.15, 0.2) is 5.78 Å². The number of ketones is 1. The fraction of sp³-hybridized carbons (Fsp3) is 0.429. The number of carbonyl (C=O) groups is 2. The Morgan fingerprint density at radius 1 is 1.15 bits per heavy atom. The molecule has 1 aliphatic carbocycles. The van der Waals surface area contributed by atoms with E-state index in [0.29, 0.717) is 35.1 Å². The molecule has 1 aromatic carbocycles. The average molecular weight is 354 g/mol. The summed E-state index contributed by atoms with van der Waals surface area (Å²) in [5.41, 5.74) is 4.77. The van der Waals surface area contributed by atoms with Gasteiger partial charge in [0.1, 0.15) is 0 Å². The molecule has 0 bridgehead atoms. The molecule has 1 fully saturated rings. The van der Waals surface area contributed by atoms with Crippen LogP contribution in [-0.2, 0) is 11.3 Å². The molecule has 0 saturated heterocycles. The Labute approximate surface area is 154 Å². The Morgan fingerprint density at radius 3 is 2.38 bits per heavy atom. The van der Waals surface area contributed by atoms with Crippen LogP contribution in [0.15, 0.2) is 24.3 Å². The van der Waals surface area contributed by atoms with Gasteiger partial charge in [0, 0.05) is 18.3 Å². The highest BCUT2D eigenvalue weighted by atomic mass is 16.5. The summed E-state index contributed by atoms with van der Waals surface area (Å²) in [4.78, 5) is 30.2. The van der Waals surface area contributed by atoms with Crippen molar-refractivity contribution in [1.29, 1.82) is 0 Å². The number of nitrogens with one attached hydrogen (secondary N) is 1. The maximum absolute atomic E-state index is 12.9. The SMILES string of the molecule is COC(=O)c1c(C)[nH]c(C(=O)CN(Cc2ccc(C)cc2)C2CC2)c1C. The number of aromatic amines is 1. The number of aryl methyl sites for hydroxylation is 2. The van der Waals surface area contributed by atoms with Crippen LogP contribution in [0.5, 0.6) is 0 Å². The first kappa shape index (κ1) is 18.4. The molecule has 0 spiro atoms. The van der Waals surface area contributed by atoms with Crippen molar-refractivity contribution >= 4 is 11.8 Å². The first-order chi connectivity index (χ1) is 12.4. The predicted molar refractivity (Wildman–Crippen MR) is 101 cm³/mol. The third kappa shape index (κ3) is 3.88. The molecule has 0 aliphatic heterocycles. The predicted octanol–water partition coefficient (Wildman–Crippen LogP) is 3.57. The van der Waals surface area contributed by atoms with Crippen molar-refractivity contribution in [2.24, 2.45) is 0 Å². The van der Waals surface area contributed by atoms with E-state index in [9.17, 15) is 9.59 Å². The number of nitrogens with zero attached hydrogens (tertiary/aromatic N) is 1. The van der Waals surface area contributed by atoms with E-state index < -0.39 is 5.97 Å². The smallest absolute Gasteiger partial charge is 0.339 e. The van der Waals surface area contributed by atoms with E-state index in [-0.39, 0.29) is 5.78 Å². The summed E-state index contributed by atoms with van der Waals surface area (Å²) >= 11 is 0. The summed E-state index contributed by atoms with van der Waals surface area (Å²) in [6.07, 6.45) is 2.27. The minimum atomic E-state index is -0.408. The van der Waals surface area contributed by atoms with Crippen molar-refractivity contribution in [1.82, 2.24) is 9.88 Å². The fourth-order valence-electron chi connectivity index (χ4n) is 3.38. The van der Waals surface area contributed by atoms with Crippen molar-refractivity contribution in [3.63, 3.8) is 0 Å². The van der Waals surface area contributed by atoms with Gasteiger partial charge in [-0.15, -0.1) is 0 Å². The number of aromatic nitrogens is 1. The molecule has 26 heavy (non-hydrogen) atoms. The van der Waals surface area contributed by atoms with E-state index in [4.69, 9.17) is 4.74 Å². The van der Waals surface area contributed by atoms with Crippen molar-refractivity contribution in [2.75, 3.05) is 13.7 Å². The quantitative estimate of drug-likeness (QED) is 0.610. The normalized spacial score (nSPS) is 13.9. The van der Waals surface area contributed by atoms with Crippen LogP contribution < -0.4 is 0 Å². The molecule has 138 valence electrons. The zero-order chi connectivity index (χ0) is 18.8. The van der Waals surface area contributed by atoms with E-state index in [2.05, 4.69) is 41.1 Å². The number of esters is 1. The highest BCUT2D eigenvalue weighted by molar-refractivity contribution is 6.02. The number of benzene rings is 1. The van der Waals surface area contributed by atoms with E-state index >= 15 is 0 Å². The summed E-state index contributed by atoms with van der Waals surface area (Å²) in [7, 11) is 1.35. The van der Waals surface area contributed by atoms with Gasteiger partial charge in [0.25, 0.3) is 0 Å². The lowest BCUT2D eigenvalue weighted by atomic mass is 10.1. The summed E-state index contributed by atoms with van der Waals surface area (Å²) in [6.45, 7) is 6.77. The Kier molecular flexibility index (Phi) is 5.28. The van der Waals surface area contributed by atoms with Gasteiger partial charge in [-0.3, -0.25) is 9.69 Å². The summed E-state index contributed by atoms with van der Waals surface area (Å²) in [6, 6.07) is 8.91. The van der Waals surface area contributed by atoms with E-state index in [1.165, 1.54) is 18.2 Å². The summed E-state index contributed by atoms with van der Waals surface area (Å²) in [5, 5.41) is 0. The topological polar surface area (TPSA) is 62.4 Å². The number of carbonyl (C=O) groups excluding carboxylic acids is 2. The van der Waals surface area contributed by atoms with E-state index in [1.54, 1.807) is 13.8 Å². The number of Topliss-reactive ketones (excluding diaryl/α,β-unsaturated/α-hetero) is 1. The van der Waals surface area contributed by atoms with Crippen LogP contribution in [0, 0.1) is 20.8 Å². The number of ether oxygens (including phenoxy) is 1. The minimum absolute atomic E-state index is 0.0137. The van der Waals surface area contributed by atoms with E-state index in [0.717, 1.165) is 19.4 Å². The molecule has 0 amide bonds. The zero-order valence-electron chi connectivity index (χ0n) is 15.9. The van der Waals surface area contributed by atoms with E-state index in [1.807, 2.05) is 0 Å². The van der Waals surface area contributed by atoms with Gasteiger partial charge in [0.2, 0.25) is 0 Å². The maximum atomic E-state index is 12.9. The largest absolute Gasteiger partial charge is 0.465 e. The molecule has 0 radical (unpaired) electrons. The Hall–Kier alpha value is -2.40. The second-order valence-electron chi connectivity index (χ2n) is 7.16. The van der Waals surface area contributed by atoms with Crippen molar-refractivity contribution < 1.29 is 14.3 Å². The molecule has 5 nitrogen and oxygen atoms in total. The van der Waals surface area contributed by atoms with Crippen LogP contribution >= 0.6 is 0 Å². The molecule has 0 unspecified atom stereocenters. The molecule has 2 aromatic rings. The number of H-pyrrole nitrogens is 1. The second-order valence-corrected chi connectivity index (χ2v) is 7.16. The second kappa shape index (κ2) is 7.46. The average Bonchev–Trinajstić information content (AvgIpc) is 3.41. The molecule has 1 N–H and O–H groups in total. The zero-order valence-corrected chi connectivity index (χ0v) is 15.9.